The van der Waals surface area contributed by atoms with E-state index < -0.39 is 17.7 Å². The molecule has 5 aromatic carbocycles. The van der Waals surface area contributed by atoms with Gasteiger partial charge in [0.25, 0.3) is 0 Å². The molecule has 10 nitrogen and oxygen atoms in total. The van der Waals surface area contributed by atoms with Crippen LogP contribution < -0.4 is 9.80 Å². The van der Waals surface area contributed by atoms with Crippen LogP contribution in [0, 0.1) is 0 Å². The first-order chi connectivity index (χ1) is 31.8. The maximum Gasteiger partial charge on any atom is 0.416 e. The molecule has 0 unspecified atom stereocenters. The topological polar surface area (TPSA) is 136 Å². The number of aliphatic hydroxyl groups excluding tert-OH is 1. The smallest absolute Gasteiger partial charge is 0.416 e. The lowest BCUT2D eigenvalue weighted by Crippen LogP contribution is -2.31. The highest BCUT2D eigenvalue weighted by Gasteiger charge is 2.31. The third-order valence-corrected chi connectivity index (χ3v) is 11.7. The number of phenols is 1. The number of halogens is 4. The molecule has 14 heteroatoms. The van der Waals surface area contributed by atoms with Crippen LogP contribution in [0.1, 0.15) is 53.6 Å². The summed E-state index contributed by atoms with van der Waals surface area (Å²) < 4.78 is 40.8. The largest absolute Gasteiger partial charge is 0.513 e. The molecule has 0 atom stereocenters. The Balaban J connectivity index is 0.000000197. The summed E-state index contributed by atoms with van der Waals surface area (Å²) in [6, 6.07) is 38.2. The summed E-state index contributed by atoms with van der Waals surface area (Å²) in [6.45, 7) is 5.72. The number of aryl methyl sites for hydroxylation is 1. The van der Waals surface area contributed by atoms with Gasteiger partial charge in [-0.3, -0.25) is 4.79 Å². The molecule has 2 heterocycles. The molecule has 0 saturated heterocycles. The Morgan fingerprint density at radius 2 is 1.24 bits per heavy atom. The average molecular weight is 960 g/mol. The number of alkyl halides is 3. The Hall–Kier alpha value is -6.80. The van der Waals surface area contributed by atoms with E-state index >= 15 is 0 Å². The summed E-state index contributed by atoms with van der Waals surface area (Å²) in [5, 5.41) is 30.0. The molecular formula is C52H50BrF3N6O4. The van der Waals surface area contributed by atoms with Gasteiger partial charge in [-0.25, -0.2) is 19.9 Å². The minimum absolute atomic E-state index is 0.0630. The second-order valence-electron chi connectivity index (χ2n) is 16.1. The van der Waals surface area contributed by atoms with Crippen molar-refractivity contribution in [2.75, 3.05) is 36.0 Å². The summed E-state index contributed by atoms with van der Waals surface area (Å²) in [7, 11) is 0. The van der Waals surface area contributed by atoms with Crippen LogP contribution in [0.5, 0.6) is 5.75 Å². The Kier molecular flexibility index (Phi) is 15.7. The van der Waals surface area contributed by atoms with Crippen molar-refractivity contribution in [1.29, 1.82) is 0 Å². The molecule has 0 amide bonds. The minimum Gasteiger partial charge on any atom is -0.513 e. The molecule has 0 saturated carbocycles. The van der Waals surface area contributed by atoms with Crippen LogP contribution in [0.15, 0.2) is 144 Å². The van der Waals surface area contributed by atoms with Gasteiger partial charge in [0.2, 0.25) is 0 Å². The number of carboxylic acids is 1. The first kappa shape index (κ1) is 47.2. The number of aromatic hydroxyl groups is 1. The van der Waals surface area contributed by atoms with Crippen LogP contribution in [0.3, 0.4) is 0 Å². The lowest BCUT2D eigenvalue weighted by molar-refractivity contribution is -0.138. The van der Waals surface area contributed by atoms with E-state index in [9.17, 15) is 33.3 Å². The molecule has 1 aliphatic carbocycles. The van der Waals surface area contributed by atoms with Crippen molar-refractivity contribution in [2.24, 2.45) is 0 Å². The number of benzene rings is 5. The number of aliphatic carboxylic acids is 1. The normalized spacial score (nSPS) is 12.2. The van der Waals surface area contributed by atoms with Crippen LogP contribution >= 0.6 is 15.9 Å². The third-order valence-electron chi connectivity index (χ3n) is 11.2. The fraction of sp³-hybridized carbons (Fsp3) is 0.250. The molecule has 0 aliphatic heterocycles. The third kappa shape index (κ3) is 12.7. The van der Waals surface area contributed by atoms with E-state index in [1.54, 1.807) is 18.2 Å². The van der Waals surface area contributed by atoms with Crippen molar-refractivity contribution in [3.63, 3.8) is 0 Å². The number of carboxylic acid groups (broad SMARTS) is 1. The Morgan fingerprint density at radius 3 is 1.88 bits per heavy atom. The van der Waals surface area contributed by atoms with Gasteiger partial charge in [-0.2, -0.15) is 13.2 Å². The van der Waals surface area contributed by atoms with E-state index in [1.807, 2.05) is 83.8 Å². The van der Waals surface area contributed by atoms with Gasteiger partial charge in [-0.1, -0.05) is 107 Å². The monoisotopic (exact) mass is 958 g/mol. The summed E-state index contributed by atoms with van der Waals surface area (Å²) in [5.74, 6) is 1.59. The van der Waals surface area contributed by atoms with Crippen molar-refractivity contribution in [3.05, 3.63) is 172 Å². The number of hydrogen-bond donors (Lipinski definition) is 3. The summed E-state index contributed by atoms with van der Waals surface area (Å²) in [6.07, 6.45) is 0.840. The van der Waals surface area contributed by atoms with Crippen molar-refractivity contribution in [1.82, 2.24) is 19.9 Å². The molecule has 66 heavy (non-hydrogen) atoms. The predicted molar refractivity (Wildman–Crippen MR) is 257 cm³/mol. The molecule has 0 radical (unpaired) electrons. The van der Waals surface area contributed by atoms with E-state index in [0.717, 1.165) is 82.3 Å². The molecule has 7 aromatic rings. The molecular weight excluding hydrogens is 910 g/mol. The highest BCUT2D eigenvalue weighted by atomic mass is 79.9. The Bertz CT molecular complexity index is 2780. The fourth-order valence-electron chi connectivity index (χ4n) is 7.86. The van der Waals surface area contributed by atoms with Crippen LogP contribution in [0.2, 0.25) is 0 Å². The molecule has 0 spiro atoms. The molecule has 2 aromatic heterocycles. The highest BCUT2D eigenvalue weighted by molar-refractivity contribution is 9.10. The van der Waals surface area contributed by atoms with Gasteiger partial charge in [0.05, 0.1) is 23.3 Å². The van der Waals surface area contributed by atoms with Gasteiger partial charge in [-0.05, 0) is 86.1 Å². The van der Waals surface area contributed by atoms with Crippen molar-refractivity contribution in [3.8, 4) is 28.5 Å². The SMILES string of the molecule is C=C(O)CCN(CCc1ccccc1)c1nc(-c2cccc(Br)c2)nc2cc(O)ccc12.O=C(O)CCN(CCc1ccccc1)c1nc(-c2cccc(C(F)(F)F)c2)nc2c1CCCC2. The number of carbonyl (C=O) groups is 1. The first-order valence-corrected chi connectivity index (χ1v) is 22.6. The van der Waals surface area contributed by atoms with Crippen LogP contribution in [0.25, 0.3) is 33.7 Å². The summed E-state index contributed by atoms with van der Waals surface area (Å²) >= 11 is 3.52. The molecule has 340 valence electrons. The molecule has 0 bridgehead atoms. The quantitative estimate of drug-likeness (QED) is 0.0803. The summed E-state index contributed by atoms with van der Waals surface area (Å²) in [4.78, 5) is 34.5. The van der Waals surface area contributed by atoms with Gasteiger partial charge >= 0.3 is 12.1 Å². The van der Waals surface area contributed by atoms with E-state index in [4.69, 9.17) is 15.0 Å². The second kappa shape index (κ2) is 21.9. The Morgan fingerprint density at radius 1 is 0.652 bits per heavy atom. The number of phenolic OH excluding ortho intramolecular Hbond substituents is 1. The van der Waals surface area contributed by atoms with E-state index in [0.29, 0.717) is 55.2 Å². The maximum absolute atomic E-state index is 13.3. The molecule has 0 fully saturated rings. The van der Waals surface area contributed by atoms with Gasteiger partial charge in [0, 0.05) is 70.9 Å². The second-order valence-corrected chi connectivity index (χ2v) is 17.0. The van der Waals surface area contributed by atoms with E-state index in [1.165, 1.54) is 11.6 Å². The molecule has 1 aliphatic rings. The van der Waals surface area contributed by atoms with Gasteiger partial charge in [0.1, 0.15) is 17.4 Å². The van der Waals surface area contributed by atoms with Crippen LogP contribution in [0.4, 0.5) is 24.8 Å². The zero-order chi connectivity index (χ0) is 46.6. The minimum atomic E-state index is -4.46. The van der Waals surface area contributed by atoms with Crippen molar-refractivity contribution in [2.45, 2.75) is 57.5 Å². The summed E-state index contributed by atoms with van der Waals surface area (Å²) in [5.41, 5.74) is 5.24. The van der Waals surface area contributed by atoms with Crippen LogP contribution in [-0.2, 0) is 36.7 Å². The number of aliphatic hydroxyl groups is 1. The predicted octanol–water partition coefficient (Wildman–Crippen LogP) is 11.8. The van der Waals surface area contributed by atoms with Gasteiger partial charge in [0.15, 0.2) is 11.6 Å². The molecule has 3 N–H and O–H groups in total. The number of hydrogen-bond acceptors (Lipinski definition) is 9. The lowest BCUT2D eigenvalue weighted by atomic mass is 9.95. The standard InChI is InChI=1S/C26H24BrN3O2.C26H26F3N3O2/c1-18(31)12-14-30(15-13-19-6-3-2-4-7-19)26-23-11-10-22(32)17-24(23)28-25(29-26)20-8-5-9-21(27)16-20;27-26(28,29)20-10-6-9-19(17-20)24-30-22-12-5-4-11-21(22)25(31-24)32(16-14-23(33)34)15-13-18-7-2-1-3-8-18/h2-11,16-17,31-32H,1,12-15H2;1-3,6-10,17H,4-5,11-16H2,(H,33,34). The number of anilines is 2. The number of fused-ring (bicyclic) bond motifs is 2. The molecule has 8 rings (SSSR count). The van der Waals surface area contributed by atoms with Crippen LogP contribution in [-0.4, -0.2) is 67.4 Å². The van der Waals surface area contributed by atoms with E-state index in [-0.39, 0.29) is 30.3 Å². The van der Waals surface area contributed by atoms with Gasteiger partial charge in [-0.15, -0.1) is 0 Å². The van der Waals surface area contributed by atoms with Crippen molar-refractivity contribution >= 4 is 44.4 Å². The van der Waals surface area contributed by atoms with Crippen molar-refractivity contribution < 1.29 is 33.3 Å². The lowest BCUT2D eigenvalue weighted by Gasteiger charge is -2.29. The highest BCUT2D eigenvalue weighted by Crippen LogP contribution is 2.35. The number of aromatic nitrogens is 4. The fourth-order valence-corrected chi connectivity index (χ4v) is 8.26. The van der Waals surface area contributed by atoms with Gasteiger partial charge < -0.3 is 25.1 Å². The first-order valence-electron chi connectivity index (χ1n) is 21.8. The number of rotatable bonds is 16. The Labute approximate surface area is 390 Å². The zero-order valence-corrected chi connectivity index (χ0v) is 37.8. The zero-order valence-electron chi connectivity index (χ0n) is 36.3. The average Bonchev–Trinajstić information content (AvgIpc) is 3.31. The van der Waals surface area contributed by atoms with E-state index in [2.05, 4.69) is 44.5 Å². The maximum atomic E-state index is 13.3. The number of nitrogens with zero attached hydrogens (tertiary/aromatic N) is 6.